The van der Waals surface area contributed by atoms with Crippen LogP contribution in [-0.4, -0.2) is 60.9 Å². The molecule has 0 unspecified atom stereocenters. The fourth-order valence-electron chi connectivity index (χ4n) is 5.52. The number of urea groups is 1. The summed E-state index contributed by atoms with van der Waals surface area (Å²) >= 11 is 1.49. The van der Waals surface area contributed by atoms with Gasteiger partial charge in [0.1, 0.15) is 5.01 Å². The highest BCUT2D eigenvalue weighted by molar-refractivity contribution is 7.09. The van der Waals surface area contributed by atoms with Crippen molar-refractivity contribution in [1.29, 1.82) is 0 Å². The zero-order valence-electron chi connectivity index (χ0n) is 22.3. The number of hydrogen-bond donors (Lipinski definition) is 2. The number of nitrogens with one attached hydrogen (secondary N) is 1. The molecule has 6 rings (SSSR count). The number of piperidine rings is 1. The van der Waals surface area contributed by atoms with Crippen molar-refractivity contribution < 1.29 is 18.4 Å². The van der Waals surface area contributed by atoms with Crippen molar-refractivity contribution in [3.05, 3.63) is 80.8 Å². The van der Waals surface area contributed by atoms with Crippen molar-refractivity contribution in [3.8, 4) is 0 Å². The van der Waals surface area contributed by atoms with E-state index < -0.39 is 17.7 Å². The monoisotopic (exact) mass is 583 g/mol. The lowest BCUT2D eigenvalue weighted by molar-refractivity contribution is -0.131. The molecule has 3 aromatic heterocycles. The molecule has 2 aliphatic heterocycles. The van der Waals surface area contributed by atoms with Gasteiger partial charge in [-0.25, -0.2) is 28.3 Å². The van der Waals surface area contributed by atoms with E-state index in [2.05, 4.69) is 15.0 Å². The number of carbonyl (C=O) groups excluding carboxylic acids is 2. The van der Waals surface area contributed by atoms with Gasteiger partial charge < -0.3 is 15.5 Å². The molecule has 3 N–H and O–H groups in total. The van der Waals surface area contributed by atoms with Crippen molar-refractivity contribution >= 4 is 34.4 Å². The number of hydrogen-bond acceptors (Lipinski definition) is 6. The van der Waals surface area contributed by atoms with E-state index in [9.17, 15) is 23.2 Å². The SMILES string of the molecule is NC(=O)N1CCC(n2c(=O)[nH]c3ncccc32)CC1.O=C1CCC[C@@H](c2cccc(F)c2F)CN1Cc1nccs1. The van der Waals surface area contributed by atoms with E-state index in [-0.39, 0.29) is 23.6 Å². The minimum atomic E-state index is -0.834. The van der Waals surface area contributed by atoms with Crippen LogP contribution in [0.3, 0.4) is 0 Å². The molecule has 5 heterocycles. The number of amides is 3. The molecule has 0 aliphatic carbocycles. The number of nitrogens with two attached hydrogens (primary N) is 1. The van der Waals surface area contributed by atoms with Gasteiger partial charge in [0.25, 0.3) is 0 Å². The number of aromatic nitrogens is 4. The van der Waals surface area contributed by atoms with Crippen molar-refractivity contribution in [2.24, 2.45) is 5.73 Å². The van der Waals surface area contributed by atoms with Crippen LogP contribution in [0.4, 0.5) is 13.6 Å². The molecule has 1 atom stereocenters. The molecule has 1 aromatic carbocycles. The molecule has 0 bridgehead atoms. The molecular formula is C28H31F2N7O3S. The maximum atomic E-state index is 14.0. The van der Waals surface area contributed by atoms with Crippen LogP contribution >= 0.6 is 11.3 Å². The van der Waals surface area contributed by atoms with Gasteiger partial charge in [0.2, 0.25) is 5.91 Å². The molecule has 41 heavy (non-hydrogen) atoms. The first kappa shape index (κ1) is 28.4. The fourth-order valence-corrected chi connectivity index (χ4v) is 6.15. The number of aromatic amines is 1. The summed E-state index contributed by atoms with van der Waals surface area (Å²) < 4.78 is 29.2. The number of pyridine rings is 1. The van der Waals surface area contributed by atoms with Gasteiger partial charge in [-0.2, -0.15) is 0 Å². The Hall–Kier alpha value is -4.13. The molecule has 216 valence electrons. The topological polar surface area (TPSA) is 130 Å². The second-order valence-electron chi connectivity index (χ2n) is 10.2. The summed E-state index contributed by atoms with van der Waals surface area (Å²) in [6.45, 7) is 2.00. The van der Waals surface area contributed by atoms with E-state index in [1.807, 2.05) is 17.5 Å². The van der Waals surface area contributed by atoms with Crippen LogP contribution in [0.25, 0.3) is 11.2 Å². The van der Waals surface area contributed by atoms with E-state index in [4.69, 9.17) is 5.73 Å². The Kier molecular flexibility index (Phi) is 8.72. The van der Waals surface area contributed by atoms with Gasteiger partial charge in [0, 0.05) is 55.8 Å². The van der Waals surface area contributed by atoms with E-state index in [1.165, 1.54) is 17.4 Å². The Morgan fingerprint density at radius 1 is 1.07 bits per heavy atom. The number of thiazole rings is 1. The second-order valence-corrected chi connectivity index (χ2v) is 11.1. The standard InChI is InChI=1S/C16H16F2N2OS.C12H15N5O2/c17-13-5-2-4-12(16(13)18)11-3-1-6-15(21)20(9-11)10-14-19-7-8-22-14;13-11(18)16-6-3-8(4-7-16)17-9-2-1-5-14-10(9)15-12(17)19/h2,4-5,7-8,11H,1,3,6,9-10H2;1-2,5,8H,3-4,6-7H2,(H2,13,18)(H,14,15,19)/t11-;/m1./s1. The zero-order valence-corrected chi connectivity index (χ0v) is 23.2. The lowest BCUT2D eigenvalue weighted by Crippen LogP contribution is -2.43. The Labute approximate surface area is 238 Å². The van der Waals surface area contributed by atoms with E-state index in [0.29, 0.717) is 56.7 Å². The molecular weight excluding hydrogens is 552 g/mol. The number of primary amides is 1. The molecule has 2 saturated heterocycles. The maximum absolute atomic E-state index is 14.0. The van der Waals surface area contributed by atoms with Gasteiger partial charge in [0.05, 0.1) is 12.1 Å². The molecule has 10 nitrogen and oxygen atoms in total. The van der Waals surface area contributed by atoms with Crippen molar-refractivity contribution in [2.75, 3.05) is 19.6 Å². The fraction of sp³-hybridized carbons (Fsp3) is 0.393. The minimum absolute atomic E-state index is 0.0505. The molecule has 4 aromatic rings. The lowest BCUT2D eigenvalue weighted by atomic mass is 9.93. The van der Waals surface area contributed by atoms with Crippen LogP contribution < -0.4 is 11.4 Å². The summed E-state index contributed by atoms with van der Waals surface area (Å²) in [5.41, 5.74) is 6.88. The van der Waals surface area contributed by atoms with Crippen molar-refractivity contribution in [1.82, 2.24) is 29.3 Å². The van der Waals surface area contributed by atoms with Crippen LogP contribution in [0.15, 0.2) is 52.9 Å². The Morgan fingerprint density at radius 3 is 2.61 bits per heavy atom. The third-order valence-corrected chi connectivity index (χ3v) is 8.36. The quantitative estimate of drug-likeness (QED) is 0.373. The summed E-state index contributed by atoms with van der Waals surface area (Å²) in [5, 5.41) is 2.72. The second kappa shape index (κ2) is 12.6. The number of halogens is 2. The number of nitrogens with zero attached hydrogens (tertiary/aromatic N) is 5. The average Bonchev–Trinajstić information content (AvgIpc) is 3.56. The predicted molar refractivity (Wildman–Crippen MR) is 150 cm³/mol. The number of likely N-dealkylation sites (tertiary alicyclic amines) is 2. The smallest absolute Gasteiger partial charge is 0.327 e. The summed E-state index contributed by atoms with van der Waals surface area (Å²) in [5.74, 6) is -1.76. The van der Waals surface area contributed by atoms with Gasteiger partial charge >= 0.3 is 11.7 Å². The Balaban J connectivity index is 0.000000166. The molecule has 13 heteroatoms. The summed E-state index contributed by atoms with van der Waals surface area (Å²) in [4.78, 5) is 49.7. The average molecular weight is 584 g/mol. The number of rotatable bonds is 4. The highest BCUT2D eigenvalue weighted by Gasteiger charge is 2.28. The Morgan fingerprint density at radius 2 is 1.88 bits per heavy atom. The van der Waals surface area contributed by atoms with E-state index in [1.54, 1.807) is 32.8 Å². The van der Waals surface area contributed by atoms with Crippen molar-refractivity contribution in [3.63, 3.8) is 0 Å². The minimum Gasteiger partial charge on any atom is -0.351 e. The summed E-state index contributed by atoms with van der Waals surface area (Å²) in [6, 6.07) is 7.62. The predicted octanol–water partition coefficient (Wildman–Crippen LogP) is 4.16. The number of benzene rings is 1. The van der Waals surface area contributed by atoms with Crippen LogP contribution in [0, 0.1) is 11.6 Å². The van der Waals surface area contributed by atoms with Crippen LogP contribution in [0.2, 0.25) is 0 Å². The normalized spacial score (nSPS) is 18.2. The number of carbonyl (C=O) groups is 2. The summed E-state index contributed by atoms with van der Waals surface area (Å²) in [6.07, 6.45) is 6.62. The highest BCUT2D eigenvalue weighted by Crippen LogP contribution is 2.30. The molecule has 2 fully saturated rings. The zero-order chi connectivity index (χ0) is 28.9. The van der Waals surface area contributed by atoms with Crippen molar-refractivity contribution in [2.45, 2.75) is 50.6 Å². The van der Waals surface area contributed by atoms with E-state index >= 15 is 0 Å². The van der Waals surface area contributed by atoms with Gasteiger partial charge in [-0.15, -0.1) is 11.3 Å². The Bertz CT molecular complexity index is 1560. The van der Waals surface area contributed by atoms with Crippen LogP contribution in [-0.2, 0) is 11.3 Å². The van der Waals surface area contributed by atoms with Gasteiger partial charge in [-0.3, -0.25) is 14.3 Å². The number of H-pyrrole nitrogens is 1. The molecule has 0 spiro atoms. The summed E-state index contributed by atoms with van der Waals surface area (Å²) in [7, 11) is 0. The first-order valence-electron chi connectivity index (χ1n) is 13.5. The first-order chi connectivity index (χ1) is 19.8. The molecule has 0 saturated carbocycles. The molecule has 3 amide bonds. The number of imidazole rings is 1. The first-order valence-corrected chi connectivity index (χ1v) is 14.4. The third-order valence-electron chi connectivity index (χ3n) is 7.60. The maximum Gasteiger partial charge on any atom is 0.327 e. The number of fused-ring (bicyclic) bond motifs is 1. The van der Waals surface area contributed by atoms with Crippen LogP contribution in [0.1, 0.15) is 54.6 Å². The van der Waals surface area contributed by atoms with Gasteiger partial charge in [-0.05, 0) is 49.4 Å². The largest absolute Gasteiger partial charge is 0.351 e. The van der Waals surface area contributed by atoms with Gasteiger partial charge in [-0.1, -0.05) is 12.1 Å². The lowest BCUT2D eigenvalue weighted by Gasteiger charge is -2.31. The van der Waals surface area contributed by atoms with Gasteiger partial charge in [0.15, 0.2) is 17.3 Å². The third kappa shape index (κ3) is 6.45. The molecule has 2 aliphatic rings. The highest BCUT2D eigenvalue weighted by atomic mass is 32.1. The van der Waals surface area contributed by atoms with E-state index in [0.717, 1.165) is 29.4 Å². The molecule has 0 radical (unpaired) electrons. The van der Waals surface area contributed by atoms with Crippen LogP contribution in [0.5, 0.6) is 0 Å².